The average Bonchev–Trinajstić information content (AvgIpc) is 2.42. The molecule has 0 aromatic heterocycles. The second-order valence-corrected chi connectivity index (χ2v) is 4.73. The van der Waals surface area contributed by atoms with E-state index >= 15 is 0 Å². The van der Waals surface area contributed by atoms with Crippen LogP contribution in [0.5, 0.6) is 0 Å². The van der Waals surface area contributed by atoms with E-state index in [0.717, 1.165) is 0 Å². The Kier molecular flexibility index (Phi) is 5.98. The van der Waals surface area contributed by atoms with Crippen LogP contribution in [0.3, 0.4) is 0 Å². The van der Waals surface area contributed by atoms with Crippen molar-refractivity contribution in [1.29, 1.82) is 0 Å². The molecule has 7 nitrogen and oxygen atoms in total. The van der Waals surface area contributed by atoms with Crippen LogP contribution >= 0.6 is 11.8 Å². The first-order valence-electron chi connectivity index (χ1n) is 5.80. The molecule has 1 aromatic carbocycles. The zero-order chi connectivity index (χ0) is 15.1. The van der Waals surface area contributed by atoms with Gasteiger partial charge in [0.2, 0.25) is 5.91 Å². The molecule has 108 valence electrons. The molecule has 0 aliphatic rings. The van der Waals surface area contributed by atoms with Gasteiger partial charge in [-0.2, -0.15) is 0 Å². The van der Waals surface area contributed by atoms with E-state index < -0.39 is 10.8 Å². The van der Waals surface area contributed by atoms with Crippen LogP contribution in [0.2, 0.25) is 0 Å². The smallest absolute Gasteiger partial charge is 0.283 e. The van der Waals surface area contributed by atoms with E-state index in [1.54, 1.807) is 12.3 Å². The van der Waals surface area contributed by atoms with Gasteiger partial charge in [0.05, 0.1) is 9.82 Å². The number of nitro groups is 1. The summed E-state index contributed by atoms with van der Waals surface area (Å²) in [6, 6.07) is 4.33. The topological polar surface area (TPSA) is 101 Å². The number of amides is 2. The summed E-state index contributed by atoms with van der Waals surface area (Å²) in [7, 11) is 0. The van der Waals surface area contributed by atoms with Gasteiger partial charge in [-0.1, -0.05) is 0 Å². The number of hydrogen-bond donors (Lipinski definition) is 2. The number of nitro benzene ring substituents is 1. The number of rotatable bonds is 6. The molecule has 0 atom stereocenters. The molecule has 0 spiro atoms. The maximum atomic E-state index is 11.8. The summed E-state index contributed by atoms with van der Waals surface area (Å²) in [4.78, 5) is 33.4. The number of nitrogens with zero attached hydrogens (tertiary/aromatic N) is 1. The van der Waals surface area contributed by atoms with Gasteiger partial charge < -0.3 is 10.6 Å². The van der Waals surface area contributed by atoms with Gasteiger partial charge in [-0.3, -0.25) is 19.7 Å². The fraction of sp³-hybridized carbons (Fsp3) is 0.333. The van der Waals surface area contributed by atoms with Gasteiger partial charge >= 0.3 is 0 Å². The molecule has 0 aliphatic heterocycles. The van der Waals surface area contributed by atoms with E-state index in [1.807, 2.05) is 0 Å². The predicted octanol–water partition coefficient (Wildman–Crippen LogP) is 1.18. The fourth-order valence-corrected chi connectivity index (χ4v) is 2.04. The van der Waals surface area contributed by atoms with Crippen LogP contribution in [-0.4, -0.2) is 36.1 Å². The number of thioether (sulfide) groups is 1. The van der Waals surface area contributed by atoms with Crippen molar-refractivity contribution in [3.05, 3.63) is 33.9 Å². The van der Waals surface area contributed by atoms with Crippen LogP contribution in [0.4, 0.5) is 5.69 Å². The first-order chi connectivity index (χ1) is 9.45. The van der Waals surface area contributed by atoms with Crippen LogP contribution in [0.25, 0.3) is 0 Å². The Labute approximate surface area is 120 Å². The van der Waals surface area contributed by atoms with Crippen molar-refractivity contribution < 1.29 is 14.5 Å². The molecule has 8 heteroatoms. The number of hydrogen-bond acceptors (Lipinski definition) is 5. The zero-order valence-corrected chi connectivity index (χ0v) is 12.0. The lowest BCUT2D eigenvalue weighted by Crippen LogP contribution is -2.33. The van der Waals surface area contributed by atoms with Crippen molar-refractivity contribution in [2.75, 3.05) is 19.3 Å². The SMILES string of the molecule is CSc1ccc(C(=O)NCCNC(C)=O)cc1[N+](=O)[O-]. The first kappa shape index (κ1) is 16.0. The maximum absolute atomic E-state index is 11.8. The van der Waals surface area contributed by atoms with Crippen LogP contribution in [0.1, 0.15) is 17.3 Å². The molecule has 2 N–H and O–H groups in total. The Bertz CT molecular complexity index is 533. The Balaban J connectivity index is 2.71. The van der Waals surface area contributed by atoms with Gasteiger partial charge in [0.25, 0.3) is 11.6 Å². The van der Waals surface area contributed by atoms with E-state index in [1.165, 1.54) is 30.8 Å². The van der Waals surface area contributed by atoms with Crippen molar-refractivity contribution in [1.82, 2.24) is 10.6 Å². The lowest BCUT2D eigenvalue weighted by molar-refractivity contribution is -0.387. The highest BCUT2D eigenvalue weighted by Crippen LogP contribution is 2.28. The largest absolute Gasteiger partial charge is 0.355 e. The lowest BCUT2D eigenvalue weighted by Gasteiger charge is -2.06. The zero-order valence-electron chi connectivity index (χ0n) is 11.1. The molecule has 0 heterocycles. The molecular weight excluding hydrogens is 282 g/mol. The highest BCUT2D eigenvalue weighted by molar-refractivity contribution is 7.98. The van der Waals surface area contributed by atoms with Crippen LogP contribution in [0.15, 0.2) is 23.1 Å². The monoisotopic (exact) mass is 297 g/mol. The number of carbonyl (C=O) groups is 2. The maximum Gasteiger partial charge on any atom is 0.283 e. The Hall–Kier alpha value is -2.09. The summed E-state index contributed by atoms with van der Waals surface area (Å²) in [6.45, 7) is 1.95. The number of carbonyl (C=O) groups excluding carboxylic acids is 2. The predicted molar refractivity (Wildman–Crippen MR) is 75.9 cm³/mol. The minimum Gasteiger partial charge on any atom is -0.355 e. The van der Waals surface area contributed by atoms with Gasteiger partial charge in [0.15, 0.2) is 0 Å². The molecule has 2 amide bonds. The molecule has 0 fully saturated rings. The molecular formula is C12H15N3O4S. The Morgan fingerprint density at radius 3 is 2.50 bits per heavy atom. The van der Waals surface area contributed by atoms with Gasteiger partial charge in [-0.05, 0) is 18.4 Å². The average molecular weight is 297 g/mol. The summed E-state index contributed by atoms with van der Waals surface area (Å²) in [6.07, 6.45) is 1.73. The summed E-state index contributed by atoms with van der Waals surface area (Å²) < 4.78 is 0. The molecule has 0 bridgehead atoms. The highest BCUT2D eigenvalue weighted by atomic mass is 32.2. The second kappa shape index (κ2) is 7.49. The van der Waals surface area contributed by atoms with Gasteiger partial charge in [0, 0.05) is 31.6 Å². The second-order valence-electron chi connectivity index (χ2n) is 3.88. The standard InChI is InChI=1S/C12H15N3O4S/c1-8(16)13-5-6-14-12(17)9-3-4-11(20-2)10(7-9)15(18)19/h3-4,7H,5-6H2,1-2H3,(H,13,16)(H,14,17). The molecule has 0 aliphatic carbocycles. The first-order valence-corrected chi connectivity index (χ1v) is 7.03. The summed E-state index contributed by atoms with van der Waals surface area (Å²) >= 11 is 1.25. The number of benzene rings is 1. The molecule has 0 unspecified atom stereocenters. The van der Waals surface area contributed by atoms with Crippen LogP contribution in [-0.2, 0) is 4.79 Å². The normalized spacial score (nSPS) is 9.90. The third-order valence-electron chi connectivity index (χ3n) is 2.42. The van der Waals surface area contributed by atoms with Crippen molar-refractivity contribution in [2.24, 2.45) is 0 Å². The molecule has 1 rings (SSSR count). The van der Waals surface area contributed by atoms with Crippen molar-refractivity contribution in [3.63, 3.8) is 0 Å². The van der Waals surface area contributed by atoms with Gasteiger partial charge in [-0.15, -0.1) is 11.8 Å². The van der Waals surface area contributed by atoms with E-state index in [0.29, 0.717) is 11.4 Å². The molecule has 1 aromatic rings. The van der Waals surface area contributed by atoms with Crippen molar-refractivity contribution in [2.45, 2.75) is 11.8 Å². The highest BCUT2D eigenvalue weighted by Gasteiger charge is 2.16. The van der Waals surface area contributed by atoms with Gasteiger partial charge in [0.1, 0.15) is 0 Å². The molecule has 20 heavy (non-hydrogen) atoms. The third-order valence-corrected chi connectivity index (χ3v) is 3.21. The van der Waals surface area contributed by atoms with Gasteiger partial charge in [-0.25, -0.2) is 0 Å². The van der Waals surface area contributed by atoms with Crippen LogP contribution < -0.4 is 10.6 Å². The third kappa shape index (κ3) is 4.54. The van der Waals surface area contributed by atoms with E-state index in [4.69, 9.17) is 0 Å². The van der Waals surface area contributed by atoms with E-state index in [9.17, 15) is 19.7 Å². The minimum atomic E-state index is -0.514. The molecule has 0 saturated heterocycles. The fourth-order valence-electron chi connectivity index (χ4n) is 1.49. The summed E-state index contributed by atoms with van der Waals surface area (Å²) in [5.74, 6) is -0.592. The van der Waals surface area contributed by atoms with Crippen LogP contribution in [0, 0.1) is 10.1 Å². The number of nitrogens with one attached hydrogen (secondary N) is 2. The lowest BCUT2D eigenvalue weighted by atomic mass is 10.2. The van der Waals surface area contributed by atoms with Crippen molar-refractivity contribution in [3.8, 4) is 0 Å². The minimum absolute atomic E-state index is 0.0907. The molecule has 0 radical (unpaired) electrons. The Morgan fingerprint density at radius 1 is 1.30 bits per heavy atom. The Morgan fingerprint density at radius 2 is 1.95 bits per heavy atom. The summed E-state index contributed by atoms with van der Waals surface area (Å²) in [5.41, 5.74) is 0.129. The van der Waals surface area contributed by atoms with Crippen molar-refractivity contribution >= 4 is 29.3 Å². The summed E-state index contributed by atoms with van der Waals surface area (Å²) in [5, 5.41) is 16.0. The van der Waals surface area contributed by atoms with E-state index in [-0.39, 0.29) is 23.7 Å². The van der Waals surface area contributed by atoms with E-state index in [2.05, 4.69) is 10.6 Å². The quantitative estimate of drug-likeness (QED) is 0.355. The molecule has 0 saturated carbocycles.